The van der Waals surface area contributed by atoms with Crippen molar-refractivity contribution in [3.8, 4) is 0 Å². The summed E-state index contributed by atoms with van der Waals surface area (Å²) in [6.45, 7) is 10.8. The van der Waals surface area contributed by atoms with Gasteiger partial charge < -0.3 is 0 Å². The normalized spacial score (nSPS) is 14.5. The number of allylic oxidation sites excluding steroid dienone is 1. The maximum absolute atomic E-state index is 14.1. The number of nitrogens with zero attached hydrogens (tertiary/aromatic N) is 2. The van der Waals surface area contributed by atoms with Crippen molar-refractivity contribution in [3.63, 3.8) is 0 Å². The lowest BCUT2D eigenvalue weighted by molar-refractivity contribution is 0.0584. The molecule has 4 amide bonds. The average Bonchev–Trinajstić information content (AvgIpc) is 2.96. The first kappa shape index (κ1) is 32.6. The summed E-state index contributed by atoms with van der Waals surface area (Å²) in [5.41, 5.74) is 2.85. The average molecular weight is 703 g/mol. The molecule has 0 bridgehead atoms. The Morgan fingerprint density at radius 1 is 0.595 bits per heavy atom. The fraction of sp³-hybridized carbons (Fsp3) is 0.529. The predicted molar refractivity (Wildman–Crippen MR) is 175 cm³/mol. The summed E-state index contributed by atoms with van der Waals surface area (Å²) in [5.74, 6) is -1.50. The van der Waals surface area contributed by atoms with Gasteiger partial charge in [0.05, 0.1) is 22.3 Å². The summed E-state index contributed by atoms with van der Waals surface area (Å²) >= 11 is 7.23. The standard InChI is InChI=1S/C34H42Br2N2O4/c1-5-8-10-12-14-16-19-37-31(39)23-21(4)22(18-7-3)24-26-25(23)27(33(37)41)29(35)30(36)28(26)34(42)38(32(24)40)20-17-15-13-11-9-6-2/h7H,3,5-6,8-20H2,1-2,4H3. The Hall–Kier alpha value is -2.32. The number of carbonyl (C=O) groups is 4. The van der Waals surface area contributed by atoms with Crippen LogP contribution >= 0.6 is 31.9 Å². The molecule has 0 unspecified atom stereocenters. The number of benzene rings is 2. The third-order valence-electron chi connectivity index (χ3n) is 8.67. The van der Waals surface area contributed by atoms with Gasteiger partial charge in [0.15, 0.2) is 0 Å². The first-order valence-electron chi connectivity index (χ1n) is 15.6. The number of imide groups is 2. The highest BCUT2D eigenvalue weighted by Gasteiger charge is 2.44. The van der Waals surface area contributed by atoms with Gasteiger partial charge in [0, 0.05) is 32.8 Å². The largest absolute Gasteiger partial charge is 0.274 e. The van der Waals surface area contributed by atoms with Crippen LogP contribution in [0.15, 0.2) is 21.6 Å². The Labute approximate surface area is 266 Å². The van der Waals surface area contributed by atoms with E-state index in [4.69, 9.17) is 0 Å². The van der Waals surface area contributed by atoms with Gasteiger partial charge in [-0.05, 0) is 69.2 Å². The first-order valence-corrected chi connectivity index (χ1v) is 17.1. The molecule has 2 aromatic rings. The van der Waals surface area contributed by atoms with E-state index in [0.29, 0.717) is 72.6 Å². The number of hydrogen-bond acceptors (Lipinski definition) is 4. The van der Waals surface area contributed by atoms with Gasteiger partial charge in [-0.1, -0.05) is 84.1 Å². The van der Waals surface area contributed by atoms with E-state index in [1.807, 2.05) is 6.92 Å². The summed E-state index contributed by atoms with van der Waals surface area (Å²) in [7, 11) is 0. The van der Waals surface area contributed by atoms with Crippen LogP contribution in [0, 0.1) is 6.92 Å². The lowest BCUT2D eigenvalue weighted by atomic mass is 9.79. The molecule has 2 heterocycles. The van der Waals surface area contributed by atoms with Gasteiger partial charge in [0.1, 0.15) is 0 Å². The Balaban J connectivity index is 1.81. The van der Waals surface area contributed by atoms with Crippen LogP contribution in [0.25, 0.3) is 10.8 Å². The number of halogens is 2. The molecule has 0 atom stereocenters. The van der Waals surface area contributed by atoms with Crippen molar-refractivity contribution in [2.24, 2.45) is 0 Å². The van der Waals surface area contributed by atoms with Crippen molar-refractivity contribution < 1.29 is 19.2 Å². The topological polar surface area (TPSA) is 74.8 Å². The maximum Gasteiger partial charge on any atom is 0.262 e. The molecular weight excluding hydrogens is 660 g/mol. The monoisotopic (exact) mass is 700 g/mol. The summed E-state index contributed by atoms with van der Waals surface area (Å²) in [5, 5.41) is 0.822. The van der Waals surface area contributed by atoms with E-state index in [2.05, 4.69) is 52.3 Å². The highest BCUT2D eigenvalue weighted by atomic mass is 79.9. The number of amides is 4. The van der Waals surface area contributed by atoms with Crippen LogP contribution < -0.4 is 0 Å². The van der Waals surface area contributed by atoms with E-state index in [1.165, 1.54) is 22.6 Å². The second-order valence-electron chi connectivity index (χ2n) is 11.5. The smallest absolute Gasteiger partial charge is 0.262 e. The van der Waals surface area contributed by atoms with E-state index < -0.39 is 11.8 Å². The van der Waals surface area contributed by atoms with E-state index >= 15 is 0 Å². The van der Waals surface area contributed by atoms with Crippen molar-refractivity contribution in [2.45, 2.75) is 104 Å². The second kappa shape index (κ2) is 14.4. The van der Waals surface area contributed by atoms with Gasteiger partial charge in [0.25, 0.3) is 23.6 Å². The fourth-order valence-electron chi connectivity index (χ4n) is 6.40. The van der Waals surface area contributed by atoms with Gasteiger partial charge >= 0.3 is 0 Å². The number of rotatable bonds is 16. The number of hydrogen-bond donors (Lipinski definition) is 0. The van der Waals surface area contributed by atoms with E-state index in [1.54, 1.807) is 6.08 Å². The van der Waals surface area contributed by atoms with Gasteiger partial charge in [-0.25, -0.2) is 0 Å². The van der Waals surface area contributed by atoms with Crippen LogP contribution in [0.4, 0.5) is 0 Å². The molecule has 0 aromatic heterocycles. The quantitative estimate of drug-likeness (QED) is 0.0993. The summed E-state index contributed by atoms with van der Waals surface area (Å²) in [6.07, 6.45) is 14.5. The van der Waals surface area contributed by atoms with Crippen LogP contribution in [-0.4, -0.2) is 46.5 Å². The van der Waals surface area contributed by atoms with Crippen molar-refractivity contribution in [2.75, 3.05) is 13.1 Å². The molecule has 0 spiro atoms. The molecule has 0 radical (unpaired) electrons. The molecule has 2 aromatic carbocycles. The molecule has 2 aliphatic heterocycles. The first-order chi connectivity index (χ1) is 20.2. The molecule has 6 nitrogen and oxygen atoms in total. The molecule has 0 aliphatic carbocycles. The van der Waals surface area contributed by atoms with Gasteiger partial charge in [-0.2, -0.15) is 0 Å². The van der Waals surface area contributed by atoms with Crippen LogP contribution in [0.3, 0.4) is 0 Å². The summed E-state index contributed by atoms with van der Waals surface area (Å²) in [6, 6.07) is 0. The summed E-state index contributed by atoms with van der Waals surface area (Å²) in [4.78, 5) is 58.7. The van der Waals surface area contributed by atoms with Gasteiger partial charge in [-0.3, -0.25) is 29.0 Å². The van der Waals surface area contributed by atoms with Crippen molar-refractivity contribution in [1.29, 1.82) is 0 Å². The Morgan fingerprint density at radius 3 is 1.43 bits per heavy atom. The molecule has 226 valence electrons. The Kier molecular flexibility index (Phi) is 11.2. The molecule has 0 saturated carbocycles. The lowest BCUT2D eigenvalue weighted by Crippen LogP contribution is -2.45. The lowest BCUT2D eigenvalue weighted by Gasteiger charge is -2.35. The molecule has 0 saturated heterocycles. The van der Waals surface area contributed by atoms with Crippen molar-refractivity contribution in [3.05, 3.63) is 55.0 Å². The van der Waals surface area contributed by atoms with E-state index in [0.717, 1.165) is 64.2 Å². The van der Waals surface area contributed by atoms with Crippen LogP contribution in [0.5, 0.6) is 0 Å². The zero-order valence-electron chi connectivity index (χ0n) is 25.2. The van der Waals surface area contributed by atoms with E-state index in [9.17, 15) is 19.2 Å². The van der Waals surface area contributed by atoms with Crippen LogP contribution in [-0.2, 0) is 6.42 Å². The minimum Gasteiger partial charge on any atom is -0.274 e. The summed E-state index contributed by atoms with van der Waals surface area (Å²) < 4.78 is 0.888. The maximum atomic E-state index is 14.1. The molecule has 42 heavy (non-hydrogen) atoms. The zero-order chi connectivity index (χ0) is 30.6. The Bertz CT molecular complexity index is 1430. The molecular formula is C34H42Br2N2O4. The SMILES string of the molecule is C=CCc1c(C)c2c3c(c(Br)c(Br)c4c3c1C(=O)N(CCCCCCCC)C4=O)C(=O)N(CCCCCCCC)C2=O. The Morgan fingerprint density at radius 2 is 0.976 bits per heavy atom. The van der Waals surface area contributed by atoms with Gasteiger partial charge in [0.2, 0.25) is 0 Å². The van der Waals surface area contributed by atoms with Crippen LogP contribution in [0.1, 0.15) is 143 Å². The van der Waals surface area contributed by atoms with E-state index in [-0.39, 0.29) is 11.8 Å². The van der Waals surface area contributed by atoms with Gasteiger partial charge in [-0.15, -0.1) is 6.58 Å². The second-order valence-corrected chi connectivity index (χ2v) is 13.1. The van der Waals surface area contributed by atoms with Crippen molar-refractivity contribution >= 4 is 66.3 Å². The number of carbonyl (C=O) groups excluding carboxylic acids is 4. The molecule has 4 rings (SSSR count). The highest BCUT2D eigenvalue weighted by molar-refractivity contribution is 9.13. The number of unbranched alkanes of at least 4 members (excludes halogenated alkanes) is 10. The zero-order valence-corrected chi connectivity index (χ0v) is 28.3. The molecule has 2 aliphatic rings. The minimum atomic E-state index is -0.394. The fourth-order valence-corrected chi connectivity index (χ4v) is 7.53. The minimum absolute atomic E-state index is 0.328. The predicted octanol–water partition coefficient (Wildman–Crippen LogP) is 9.31. The highest BCUT2D eigenvalue weighted by Crippen LogP contribution is 2.48. The molecule has 0 N–H and O–H groups in total. The third-order valence-corrected chi connectivity index (χ3v) is 10.8. The molecule has 0 fully saturated rings. The van der Waals surface area contributed by atoms with Crippen LogP contribution in [0.2, 0.25) is 0 Å². The molecule has 8 heteroatoms. The third kappa shape index (κ3) is 5.90. The van der Waals surface area contributed by atoms with Crippen molar-refractivity contribution in [1.82, 2.24) is 9.80 Å².